The number of carbonyl (C=O) groups excluding carboxylic acids is 1. The number of fused-ring (bicyclic) bond motifs is 1. The van der Waals surface area contributed by atoms with Gasteiger partial charge in [0.05, 0.1) is 0 Å². The molecule has 0 aliphatic heterocycles. The third-order valence-electron chi connectivity index (χ3n) is 2.07. The third-order valence-corrected chi connectivity index (χ3v) is 4.36. The number of hydrogen-bond donors (Lipinski definition) is 0. The van der Waals surface area contributed by atoms with E-state index in [1.807, 2.05) is 6.07 Å². The Morgan fingerprint density at radius 3 is 2.83 bits per heavy atom. The van der Waals surface area contributed by atoms with Crippen molar-refractivity contribution in [2.75, 3.05) is 0 Å². The van der Waals surface area contributed by atoms with Crippen LogP contribution in [0.15, 0.2) is 16.6 Å². The first-order chi connectivity index (χ1) is 5.68. The highest BCUT2D eigenvalue weighted by Crippen LogP contribution is 2.29. The molecule has 0 fully saturated rings. The van der Waals surface area contributed by atoms with Crippen LogP contribution in [0.25, 0.3) is 0 Å². The topological polar surface area (TPSA) is 17.1 Å². The van der Waals surface area contributed by atoms with Gasteiger partial charge in [0.25, 0.3) is 0 Å². The van der Waals surface area contributed by atoms with E-state index in [1.54, 1.807) is 0 Å². The molecule has 0 aromatic heterocycles. The predicted molar refractivity (Wildman–Crippen MR) is 59.5 cm³/mol. The highest BCUT2D eigenvalue weighted by atomic mass is 127. The molecule has 0 N–H and O–H groups in total. The number of aryl methyl sites for hydroxylation is 1. The van der Waals surface area contributed by atoms with Crippen LogP contribution in [0.5, 0.6) is 0 Å². The van der Waals surface area contributed by atoms with Crippen LogP contribution >= 0.6 is 38.5 Å². The lowest BCUT2D eigenvalue weighted by atomic mass is 10.1. The molecule has 0 saturated heterocycles. The Bertz CT molecular complexity index is 360. The largest absolute Gasteiger partial charge is 0.294 e. The van der Waals surface area contributed by atoms with Gasteiger partial charge in [-0.15, -0.1) is 0 Å². The van der Waals surface area contributed by atoms with E-state index in [9.17, 15) is 4.79 Å². The molecule has 1 aliphatic rings. The summed E-state index contributed by atoms with van der Waals surface area (Å²) >= 11 is 5.68. The molecule has 0 saturated carbocycles. The molecule has 0 unspecified atom stereocenters. The first-order valence-electron chi connectivity index (χ1n) is 3.69. The summed E-state index contributed by atoms with van der Waals surface area (Å²) in [5.74, 6) is 0.280. The Balaban J connectivity index is 2.63. The highest BCUT2D eigenvalue weighted by Gasteiger charge is 2.20. The molecule has 1 aromatic carbocycles. The van der Waals surface area contributed by atoms with Crippen molar-refractivity contribution >= 4 is 44.3 Å². The Kier molecular flexibility index (Phi) is 2.25. The van der Waals surface area contributed by atoms with E-state index in [4.69, 9.17) is 0 Å². The Hall–Kier alpha value is 0.1000. The fourth-order valence-corrected chi connectivity index (χ4v) is 2.31. The van der Waals surface area contributed by atoms with Gasteiger partial charge in [0.15, 0.2) is 5.78 Å². The average molecular weight is 337 g/mol. The maximum Gasteiger partial charge on any atom is 0.163 e. The third kappa shape index (κ3) is 1.33. The van der Waals surface area contributed by atoms with Crippen LogP contribution < -0.4 is 0 Å². The van der Waals surface area contributed by atoms with Gasteiger partial charge >= 0.3 is 0 Å². The zero-order valence-corrected chi connectivity index (χ0v) is 9.98. The van der Waals surface area contributed by atoms with Crippen LogP contribution in [0.3, 0.4) is 0 Å². The lowest BCUT2D eigenvalue weighted by Gasteiger charge is -2.00. The van der Waals surface area contributed by atoms with Gasteiger partial charge in [-0.05, 0) is 62.6 Å². The molecule has 2 rings (SSSR count). The minimum atomic E-state index is 0.280. The number of Topliss-reactive ketones (excluding diaryl/α,β-unsaturated/α-hetero) is 1. The van der Waals surface area contributed by atoms with Gasteiger partial charge in [-0.2, -0.15) is 0 Å². The van der Waals surface area contributed by atoms with Gasteiger partial charge in [0.2, 0.25) is 0 Å². The summed E-state index contributed by atoms with van der Waals surface area (Å²) in [4.78, 5) is 11.3. The lowest BCUT2D eigenvalue weighted by Crippen LogP contribution is -1.91. The molecule has 1 nitrogen and oxygen atoms in total. The molecule has 1 aromatic rings. The molecule has 62 valence electrons. The van der Waals surface area contributed by atoms with Crippen molar-refractivity contribution in [2.45, 2.75) is 12.8 Å². The van der Waals surface area contributed by atoms with Crippen molar-refractivity contribution in [3.05, 3.63) is 31.3 Å². The Labute approximate surface area is 92.8 Å². The number of hydrogen-bond acceptors (Lipinski definition) is 1. The SMILES string of the molecule is O=C1CCc2cc(I)c(Br)cc21. The zero-order chi connectivity index (χ0) is 8.72. The van der Waals surface area contributed by atoms with Gasteiger partial charge in [0, 0.05) is 20.0 Å². The smallest absolute Gasteiger partial charge is 0.163 e. The monoisotopic (exact) mass is 336 g/mol. The van der Waals surface area contributed by atoms with Crippen molar-refractivity contribution in [3.8, 4) is 0 Å². The second-order valence-electron chi connectivity index (χ2n) is 2.85. The number of benzene rings is 1. The van der Waals surface area contributed by atoms with Crippen molar-refractivity contribution in [2.24, 2.45) is 0 Å². The maximum absolute atomic E-state index is 11.3. The maximum atomic E-state index is 11.3. The fourth-order valence-electron chi connectivity index (χ4n) is 1.44. The summed E-state index contributed by atoms with van der Waals surface area (Å²) in [7, 11) is 0. The van der Waals surface area contributed by atoms with Crippen molar-refractivity contribution in [1.82, 2.24) is 0 Å². The van der Waals surface area contributed by atoms with Crippen LogP contribution in [0.1, 0.15) is 22.3 Å². The summed E-state index contributed by atoms with van der Waals surface area (Å²) in [6.45, 7) is 0. The van der Waals surface area contributed by atoms with E-state index in [0.717, 1.165) is 16.5 Å². The van der Waals surface area contributed by atoms with E-state index in [1.165, 1.54) is 9.13 Å². The molecule has 0 bridgehead atoms. The molecule has 0 amide bonds. The number of rotatable bonds is 0. The van der Waals surface area contributed by atoms with E-state index in [2.05, 4.69) is 44.6 Å². The summed E-state index contributed by atoms with van der Waals surface area (Å²) in [5, 5.41) is 0. The standard InChI is InChI=1S/C9H6BrIO/c10-7-4-6-5(3-8(7)11)1-2-9(6)12/h3-4H,1-2H2. The number of ketones is 1. The predicted octanol–water partition coefficient (Wildman–Crippen LogP) is 3.18. The molecule has 0 spiro atoms. The van der Waals surface area contributed by atoms with Crippen LogP contribution in [0.2, 0.25) is 0 Å². The fraction of sp³-hybridized carbons (Fsp3) is 0.222. The molecular weight excluding hydrogens is 331 g/mol. The normalized spacial score (nSPS) is 15.0. The van der Waals surface area contributed by atoms with Gasteiger partial charge in [0.1, 0.15) is 0 Å². The number of halogens is 2. The Morgan fingerprint density at radius 2 is 2.08 bits per heavy atom. The molecule has 0 atom stereocenters. The number of carbonyl (C=O) groups is 1. The van der Waals surface area contributed by atoms with Crippen molar-refractivity contribution in [3.63, 3.8) is 0 Å². The van der Waals surface area contributed by atoms with E-state index >= 15 is 0 Å². The van der Waals surface area contributed by atoms with Crippen molar-refractivity contribution in [1.29, 1.82) is 0 Å². The summed E-state index contributed by atoms with van der Waals surface area (Å²) in [6, 6.07) is 4.03. The van der Waals surface area contributed by atoms with Gasteiger partial charge in [-0.3, -0.25) is 4.79 Å². The second-order valence-corrected chi connectivity index (χ2v) is 4.86. The molecular formula is C9H6BrIO. The quantitative estimate of drug-likeness (QED) is 0.665. The lowest BCUT2D eigenvalue weighted by molar-refractivity contribution is 0.0994. The van der Waals surface area contributed by atoms with Gasteiger partial charge in [-0.25, -0.2) is 0 Å². The van der Waals surface area contributed by atoms with Crippen LogP contribution in [-0.4, -0.2) is 5.78 Å². The first kappa shape index (κ1) is 8.69. The molecule has 12 heavy (non-hydrogen) atoms. The van der Waals surface area contributed by atoms with Crippen molar-refractivity contribution < 1.29 is 4.79 Å². The van der Waals surface area contributed by atoms with Gasteiger partial charge in [-0.1, -0.05) is 0 Å². The van der Waals surface area contributed by atoms with Crippen LogP contribution in [0, 0.1) is 3.57 Å². The first-order valence-corrected chi connectivity index (χ1v) is 5.57. The molecule has 1 aliphatic carbocycles. The van der Waals surface area contributed by atoms with E-state index in [0.29, 0.717) is 6.42 Å². The molecule has 3 heteroatoms. The zero-order valence-electron chi connectivity index (χ0n) is 6.23. The molecule has 0 heterocycles. The highest BCUT2D eigenvalue weighted by molar-refractivity contribution is 14.1. The Morgan fingerprint density at radius 1 is 1.33 bits per heavy atom. The van der Waals surface area contributed by atoms with Crippen LogP contribution in [0.4, 0.5) is 0 Å². The average Bonchev–Trinajstić information content (AvgIpc) is 2.35. The second kappa shape index (κ2) is 3.10. The molecule has 0 radical (unpaired) electrons. The van der Waals surface area contributed by atoms with E-state index < -0.39 is 0 Å². The minimum Gasteiger partial charge on any atom is -0.294 e. The van der Waals surface area contributed by atoms with Gasteiger partial charge < -0.3 is 0 Å². The van der Waals surface area contributed by atoms with E-state index in [-0.39, 0.29) is 5.78 Å². The summed E-state index contributed by atoms with van der Waals surface area (Å²) in [5.41, 5.74) is 2.11. The summed E-state index contributed by atoms with van der Waals surface area (Å²) < 4.78 is 2.21. The minimum absolute atomic E-state index is 0.280. The van der Waals surface area contributed by atoms with Crippen LogP contribution in [-0.2, 0) is 6.42 Å². The summed E-state index contributed by atoms with van der Waals surface area (Å²) in [6.07, 6.45) is 1.60.